The molecule has 0 bridgehead atoms. The number of hydrazone groups is 1. The van der Waals surface area contributed by atoms with E-state index in [2.05, 4.69) is 10.5 Å². The molecular formula is C24H21ClF3N3O5S. The van der Waals surface area contributed by atoms with Crippen LogP contribution in [0.3, 0.4) is 0 Å². The number of methoxy groups -OCH3 is 2. The molecule has 0 aromatic heterocycles. The van der Waals surface area contributed by atoms with Crippen molar-refractivity contribution in [1.29, 1.82) is 0 Å². The van der Waals surface area contributed by atoms with E-state index in [9.17, 15) is 26.4 Å². The molecule has 0 unspecified atom stereocenters. The van der Waals surface area contributed by atoms with Crippen LogP contribution in [0.5, 0.6) is 11.5 Å². The van der Waals surface area contributed by atoms with Gasteiger partial charge in [0.2, 0.25) is 0 Å². The van der Waals surface area contributed by atoms with Crippen LogP contribution in [0.25, 0.3) is 0 Å². The number of amides is 1. The molecule has 1 N–H and O–H groups in total. The zero-order valence-corrected chi connectivity index (χ0v) is 21.1. The van der Waals surface area contributed by atoms with E-state index in [1.165, 1.54) is 44.7 Å². The lowest BCUT2D eigenvalue weighted by molar-refractivity contribution is -0.137. The molecule has 0 radical (unpaired) electrons. The smallest absolute Gasteiger partial charge is 0.416 e. The standard InChI is InChI=1S/C24H21ClF3N3O5S/c1-35-18-10-8-16(22(13-18)36-2)14-29-30-23(32)15-31(37(33,34)19-6-4-3-5-7-19)21-12-17(24(26,27)28)9-11-20(21)25/h3-14H,15H2,1-2H3,(H,30,32)/b29-14-. The zero-order chi connectivity index (χ0) is 27.2. The van der Waals surface area contributed by atoms with Gasteiger partial charge in [-0.05, 0) is 42.5 Å². The van der Waals surface area contributed by atoms with Crippen LogP contribution in [-0.2, 0) is 21.0 Å². The van der Waals surface area contributed by atoms with E-state index in [1.807, 2.05) is 0 Å². The Morgan fingerprint density at radius 1 is 1.05 bits per heavy atom. The number of sulfonamides is 1. The van der Waals surface area contributed by atoms with Crippen LogP contribution >= 0.6 is 11.6 Å². The van der Waals surface area contributed by atoms with E-state index in [1.54, 1.807) is 24.3 Å². The number of hydrogen-bond donors (Lipinski definition) is 1. The lowest BCUT2D eigenvalue weighted by atomic mass is 10.2. The van der Waals surface area contributed by atoms with Crippen LogP contribution in [0.15, 0.2) is 76.7 Å². The Morgan fingerprint density at radius 3 is 2.38 bits per heavy atom. The molecular weight excluding hydrogens is 535 g/mol. The van der Waals surface area contributed by atoms with Gasteiger partial charge in [-0.25, -0.2) is 13.8 Å². The summed E-state index contributed by atoms with van der Waals surface area (Å²) in [5.74, 6) is -0.0177. The largest absolute Gasteiger partial charge is 0.497 e. The fraction of sp³-hybridized carbons (Fsp3) is 0.167. The summed E-state index contributed by atoms with van der Waals surface area (Å²) < 4.78 is 77.6. The maximum atomic E-state index is 13.4. The Balaban J connectivity index is 1.94. The number of benzene rings is 3. The molecule has 0 aliphatic carbocycles. The Labute approximate surface area is 216 Å². The molecule has 0 aliphatic rings. The molecule has 0 fully saturated rings. The van der Waals surface area contributed by atoms with Crippen molar-refractivity contribution in [3.8, 4) is 11.5 Å². The van der Waals surface area contributed by atoms with Gasteiger partial charge in [0.15, 0.2) is 0 Å². The molecule has 37 heavy (non-hydrogen) atoms. The highest BCUT2D eigenvalue weighted by Gasteiger charge is 2.34. The van der Waals surface area contributed by atoms with Crippen LogP contribution in [-0.4, -0.2) is 41.3 Å². The number of halogens is 4. The number of ether oxygens (including phenoxy) is 2. The molecule has 0 atom stereocenters. The molecule has 0 spiro atoms. The van der Waals surface area contributed by atoms with Gasteiger partial charge in [0, 0.05) is 11.6 Å². The fourth-order valence-corrected chi connectivity index (χ4v) is 4.89. The van der Waals surface area contributed by atoms with Crippen LogP contribution in [0.4, 0.5) is 18.9 Å². The minimum absolute atomic E-state index is 0.247. The molecule has 3 aromatic rings. The van der Waals surface area contributed by atoms with Crippen molar-refractivity contribution in [1.82, 2.24) is 5.43 Å². The second kappa shape index (κ2) is 11.5. The van der Waals surface area contributed by atoms with Gasteiger partial charge in [-0.3, -0.25) is 9.10 Å². The van der Waals surface area contributed by atoms with Crippen LogP contribution < -0.4 is 19.2 Å². The maximum Gasteiger partial charge on any atom is 0.416 e. The molecule has 8 nitrogen and oxygen atoms in total. The summed E-state index contributed by atoms with van der Waals surface area (Å²) in [7, 11) is -1.59. The summed E-state index contributed by atoms with van der Waals surface area (Å²) >= 11 is 6.10. The monoisotopic (exact) mass is 555 g/mol. The van der Waals surface area contributed by atoms with Gasteiger partial charge < -0.3 is 9.47 Å². The van der Waals surface area contributed by atoms with Gasteiger partial charge in [-0.2, -0.15) is 18.3 Å². The summed E-state index contributed by atoms with van der Waals surface area (Å²) in [6.07, 6.45) is -3.52. The second-order valence-electron chi connectivity index (χ2n) is 7.39. The number of anilines is 1. The van der Waals surface area contributed by atoms with Gasteiger partial charge in [-0.1, -0.05) is 29.8 Å². The SMILES string of the molecule is COc1ccc(/C=N\NC(=O)CN(c2cc(C(F)(F)F)ccc2Cl)S(=O)(=O)c2ccccc2)c(OC)c1. The molecule has 13 heteroatoms. The van der Waals surface area contributed by atoms with Crippen molar-refractivity contribution >= 4 is 39.4 Å². The number of carbonyl (C=O) groups is 1. The van der Waals surface area contributed by atoms with Gasteiger partial charge in [0.25, 0.3) is 15.9 Å². The average Bonchev–Trinajstić information content (AvgIpc) is 2.87. The summed E-state index contributed by atoms with van der Waals surface area (Å²) in [5, 5.41) is 3.51. The predicted octanol–water partition coefficient (Wildman–Crippen LogP) is 4.72. The minimum Gasteiger partial charge on any atom is -0.497 e. The van der Waals surface area contributed by atoms with Crippen LogP contribution in [0.1, 0.15) is 11.1 Å². The van der Waals surface area contributed by atoms with E-state index in [4.69, 9.17) is 21.1 Å². The van der Waals surface area contributed by atoms with Crippen molar-refractivity contribution in [2.45, 2.75) is 11.1 Å². The predicted molar refractivity (Wildman–Crippen MR) is 133 cm³/mol. The van der Waals surface area contributed by atoms with Crippen molar-refractivity contribution in [3.05, 3.63) is 82.9 Å². The average molecular weight is 556 g/mol. The number of hydrogen-bond acceptors (Lipinski definition) is 6. The Morgan fingerprint density at radius 2 is 1.76 bits per heavy atom. The normalized spacial score (nSPS) is 11.8. The highest BCUT2D eigenvalue weighted by atomic mass is 35.5. The third kappa shape index (κ3) is 6.71. The van der Waals surface area contributed by atoms with Gasteiger partial charge in [0.1, 0.15) is 18.0 Å². The topological polar surface area (TPSA) is 97.3 Å². The maximum absolute atomic E-state index is 13.4. The van der Waals surface area contributed by atoms with Gasteiger partial charge in [0.05, 0.1) is 41.6 Å². The molecule has 0 heterocycles. The molecule has 0 aliphatic heterocycles. The molecule has 0 saturated carbocycles. The van der Waals surface area contributed by atoms with Gasteiger partial charge >= 0.3 is 6.18 Å². The number of alkyl halides is 3. The molecule has 0 saturated heterocycles. The highest BCUT2D eigenvalue weighted by Crippen LogP contribution is 2.37. The zero-order valence-electron chi connectivity index (χ0n) is 19.5. The highest BCUT2D eigenvalue weighted by molar-refractivity contribution is 7.92. The third-order valence-corrected chi connectivity index (χ3v) is 7.09. The third-order valence-electron chi connectivity index (χ3n) is 4.99. The van der Waals surface area contributed by atoms with E-state index in [0.717, 1.165) is 6.07 Å². The molecule has 3 aromatic carbocycles. The first-order chi connectivity index (χ1) is 17.5. The number of carbonyl (C=O) groups excluding carboxylic acids is 1. The Kier molecular flexibility index (Phi) is 8.66. The first-order valence-corrected chi connectivity index (χ1v) is 12.3. The van der Waals surface area contributed by atoms with E-state index in [0.29, 0.717) is 33.5 Å². The fourth-order valence-electron chi connectivity index (χ4n) is 3.16. The lowest BCUT2D eigenvalue weighted by Gasteiger charge is -2.25. The first-order valence-electron chi connectivity index (χ1n) is 10.5. The van der Waals surface area contributed by atoms with Crippen LogP contribution in [0.2, 0.25) is 5.02 Å². The van der Waals surface area contributed by atoms with Crippen LogP contribution in [0, 0.1) is 0 Å². The van der Waals surface area contributed by atoms with E-state index < -0.39 is 39.9 Å². The minimum atomic E-state index is -4.77. The molecule has 3 rings (SSSR count). The lowest BCUT2D eigenvalue weighted by Crippen LogP contribution is -2.40. The van der Waals surface area contributed by atoms with E-state index >= 15 is 0 Å². The molecule has 1 amide bonds. The Hall–Kier alpha value is -3.77. The van der Waals surface area contributed by atoms with Crippen molar-refractivity contribution in [2.75, 3.05) is 25.1 Å². The first kappa shape index (κ1) is 27.8. The van der Waals surface area contributed by atoms with Crippen molar-refractivity contribution in [2.24, 2.45) is 5.10 Å². The summed E-state index contributed by atoms with van der Waals surface area (Å²) in [5.41, 5.74) is 0.991. The summed E-state index contributed by atoms with van der Waals surface area (Å²) in [4.78, 5) is 12.4. The number of rotatable bonds is 9. The van der Waals surface area contributed by atoms with Crippen molar-refractivity contribution in [3.63, 3.8) is 0 Å². The number of nitrogens with zero attached hydrogens (tertiary/aromatic N) is 2. The quantitative estimate of drug-likeness (QED) is 0.304. The molecule has 196 valence electrons. The van der Waals surface area contributed by atoms with Crippen molar-refractivity contribution < 1.29 is 35.9 Å². The van der Waals surface area contributed by atoms with Gasteiger partial charge in [-0.15, -0.1) is 0 Å². The summed E-state index contributed by atoms with van der Waals surface area (Å²) in [6, 6.07) is 14.0. The Bertz CT molecular complexity index is 1400. The second-order valence-corrected chi connectivity index (χ2v) is 9.66. The summed E-state index contributed by atoms with van der Waals surface area (Å²) in [6.45, 7) is -0.907. The van der Waals surface area contributed by atoms with E-state index in [-0.39, 0.29) is 9.92 Å². The number of nitrogens with one attached hydrogen (secondary N) is 1.